The van der Waals surface area contributed by atoms with Crippen LogP contribution in [0.5, 0.6) is 0 Å². The number of aliphatic hydroxyl groups is 1. The molecule has 0 saturated heterocycles. The first-order valence-electron chi connectivity index (χ1n) is 10.9. The Labute approximate surface area is 208 Å². The van der Waals surface area contributed by atoms with Gasteiger partial charge in [0.05, 0.1) is 16.6 Å². The van der Waals surface area contributed by atoms with E-state index in [4.69, 9.17) is 11.6 Å². The third-order valence-electron chi connectivity index (χ3n) is 6.68. The molecule has 0 bridgehead atoms. The van der Waals surface area contributed by atoms with Crippen molar-refractivity contribution < 1.29 is 28.2 Å². The van der Waals surface area contributed by atoms with E-state index in [0.29, 0.717) is 16.6 Å². The minimum atomic E-state index is -5.08. The number of rotatable bonds is 5. The summed E-state index contributed by atoms with van der Waals surface area (Å²) < 4.78 is 46.0. The molecule has 3 aromatic carbocycles. The molecule has 4 aromatic rings. The lowest BCUT2D eigenvalue weighted by atomic mass is 9.77. The smallest absolute Gasteiger partial charge is 0.422 e. The first kappa shape index (κ1) is 25.5. The van der Waals surface area contributed by atoms with Crippen molar-refractivity contribution >= 4 is 28.6 Å². The van der Waals surface area contributed by atoms with E-state index < -0.39 is 34.9 Å². The summed E-state index contributed by atoms with van der Waals surface area (Å²) >= 11 is 6.42. The van der Waals surface area contributed by atoms with Gasteiger partial charge in [-0.1, -0.05) is 48.9 Å². The normalized spacial score (nSPS) is 14.6. The average Bonchev–Trinajstić information content (AvgIpc) is 3.05. The fraction of sp³-hybridized carbons (Fsp3) is 0.231. The van der Waals surface area contributed by atoms with Crippen molar-refractivity contribution in [3.05, 3.63) is 92.9 Å². The minimum Gasteiger partial charge on any atom is -0.478 e. The molecular weight excluding hydrogens is 497 g/mol. The first-order valence-corrected chi connectivity index (χ1v) is 11.2. The molecule has 0 radical (unpaired) electrons. The lowest BCUT2D eigenvalue weighted by molar-refractivity contribution is -0.274. The van der Waals surface area contributed by atoms with Crippen LogP contribution in [0.15, 0.2) is 65.5 Å². The van der Waals surface area contributed by atoms with E-state index in [2.05, 4.69) is 0 Å². The number of aromatic carboxylic acids is 1. The fourth-order valence-electron chi connectivity index (χ4n) is 4.52. The van der Waals surface area contributed by atoms with Crippen LogP contribution in [-0.4, -0.2) is 31.5 Å². The highest BCUT2D eigenvalue weighted by Gasteiger charge is 2.59. The SMILES string of the molecule is CC(c1ccc(-c2cccc(C(=O)O)c2)cc1Cl)C(O)(c1ccc2c(c1)n(C)c(=O)n2C)C(F)(F)F. The molecular formula is C26H22ClF3N2O4. The Morgan fingerprint density at radius 1 is 0.944 bits per heavy atom. The molecule has 1 heterocycles. The monoisotopic (exact) mass is 518 g/mol. The summed E-state index contributed by atoms with van der Waals surface area (Å²) in [5.74, 6) is -2.64. The van der Waals surface area contributed by atoms with Crippen LogP contribution >= 0.6 is 11.6 Å². The van der Waals surface area contributed by atoms with E-state index in [1.54, 1.807) is 12.1 Å². The molecule has 2 unspecified atom stereocenters. The molecule has 2 N–H and O–H groups in total. The molecule has 1 aromatic heterocycles. The molecule has 2 atom stereocenters. The maximum atomic E-state index is 14.5. The summed E-state index contributed by atoms with van der Waals surface area (Å²) in [6.45, 7) is 1.23. The van der Waals surface area contributed by atoms with E-state index in [1.807, 2.05) is 0 Å². The number of aromatic nitrogens is 2. The summed E-state index contributed by atoms with van der Waals surface area (Å²) in [7, 11) is 2.95. The molecule has 188 valence electrons. The van der Waals surface area contributed by atoms with Crippen molar-refractivity contribution in [3.63, 3.8) is 0 Å². The number of hydrogen-bond donors (Lipinski definition) is 2. The maximum absolute atomic E-state index is 14.5. The van der Waals surface area contributed by atoms with Crippen molar-refractivity contribution in [3.8, 4) is 11.1 Å². The Bertz CT molecular complexity index is 1560. The van der Waals surface area contributed by atoms with Gasteiger partial charge in [-0.15, -0.1) is 0 Å². The van der Waals surface area contributed by atoms with Crippen LogP contribution in [0.1, 0.15) is 34.3 Å². The molecule has 0 aliphatic rings. The minimum absolute atomic E-state index is 0.0170. The van der Waals surface area contributed by atoms with Crippen LogP contribution in [0, 0.1) is 0 Å². The molecule has 0 fully saturated rings. The van der Waals surface area contributed by atoms with Crippen molar-refractivity contribution in [2.24, 2.45) is 14.1 Å². The second-order valence-corrected chi connectivity index (χ2v) is 9.12. The Balaban J connectivity index is 1.82. The third kappa shape index (κ3) is 3.98. The summed E-state index contributed by atoms with van der Waals surface area (Å²) in [6.07, 6.45) is -5.08. The Morgan fingerprint density at radius 3 is 2.19 bits per heavy atom. The van der Waals surface area contributed by atoms with Crippen LogP contribution in [0.25, 0.3) is 22.2 Å². The lowest BCUT2D eigenvalue weighted by Gasteiger charge is -2.37. The molecule has 0 aliphatic heterocycles. The molecule has 0 saturated carbocycles. The topological polar surface area (TPSA) is 84.5 Å². The molecule has 4 rings (SSSR count). The largest absolute Gasteiger partial charge is 0.478 e. The zero-order valence-corrected chi connectivity index (χ0v) is 20.2. The van der Waals surface area contributed by atoms with Crippen molar-refractivity contribution in [2.45, 2.75) is 24.6 Å². The van der Waals surface area contributed by atoms with Crippen LogP contribution < -0.4 is 5.69 Å². The van der Waals surface area contributed by atoms with Crippen molar-refractivity contribution in [2.75, 3.05) is 0 Å². The van der Waals surface area contributed by atoms with E-state index in [0.717, 1.165) is 6.07 Å². The molecule has 36 heavy (non-hydrogen) atoms. The summed E-state index contributed by atoms with van der Waals surface area (Å²) in [6, 6.07) is 14.1. The number of hydrogen-bond acceptors (Lipinski definition) is 3. The number of fused-ring (bicyclic) bond motifs is 1. The third-order valence-corrected chi connectivity index (χ3v) is 7.01. The zero-order valence-electron chi connectivity index (χ0n) is 19.5. The van der Waals surface area contributed by atoms with Crippen LogP contribution in [0.4, 0.5) is 13.2 Å². The lowest BCUT2D eigenvalue weighted by Crippen LogP contribution is -2.46. The molecule has 6 nitrogen and oxygen atoms in total. The van der Waals surface area contributed by atoms with Crippen LogP contribution in [0.2, 0.25) is 5.02 Å². The van der Waals surface area contributed by atoms with Gasteiger partial charge in [-0.25, -0.2) is 9.59 Å². The van der Waals surface area contributed by atoms with Gasteiger partial charge in [-0.05, 0) is 52.6 Å². The number of carboxylic acids is 1. The van der Waals surface area contributed by atoms with E-state index >= 15 is 0 Å². The molecule has 0 spiro atoms. The van der Waals surface area contributed by atoms with Gasteiger partial charge in [-0.3, -0.25) is 9.13 Å². The summed E-state index contributed by atoms with van der Waals surface area (Å²) in [5.41, 5.74) is -2.34. The van der Waals surface area contributed by atoms with Gasteiger partial charge in [0.1, 0.15) is 0 Å². The molecule has 0 amide bonds. The molecule has 0 aliphatic carbocycles. The average molecular weight is 519 g/mol. The highest BCUT2D eigenvalue weighted by atomic mass is 35.5. The maximum Gasteiger partial charge on any atom is 0.422 e. The number of benzene rings is 3. The number of halogens is 4. The second kappa shape index (κ2) is 8.83. The number of carboxylic acid groups (broad SMARTS) is 1. The van der Waals surface area contributed by atoms with Gasteiger partial charge >= 0.3 is 17.8 Å². The van der Waals surface area contributed by atoms with E-state index in [1.165, 1.54) is 72.6 Å². The number of imidazole rings is 1. The highest BCUT2D eigenvalue weighted by molar-refractivity contribution is 6.31. The van der Waals surface area contributed by atoms with Gasteiger partial charge in [0.2, 0.25) is 0 Å². The zero-order chi connectivity index (χ0) is 26.6. The predicted molar refractivity (Wildman–Crippen MR) is 130 cm³/mol. The highest BCUT2D eigenvalue weighted by Crippen LogP contribution is 2.50. The van der Waals surface area contributed by atoms with E-state index in [9.17, 15) is 33.0 Å². The predicted octanol–water partition coefficient (Wildman–Crippen LogP) is 5.45. The Hall–Kier alpha value is -3.56. The van der Waals surface area contributed by atoms with Crippen molar-refractivity contribution in [1.82, 2.24) is 9.13 Å². The summed E-state index contributed by atoms with van der Waals surface area (Å²) in [4.78, 5) is 23.5. The number of alkyl halides is 3. The summed E-state index contributed by atoms with van der Waals surface area (Å²) in [5, 5.41) is 20.4. The molecule has 10 heteroatoms. The van der Waals surface area contributed by atoms with Gasteiger partial charge in [-0.2, -0.15) is 13.2 Å². The van der Waals surface area contributed by atoms with Gasteiger partial charge in [0.15, 0.2) is 5.60 Å². The number of nitrogens with zero attached hydrogens (tertiary/aromatic N) is 2. The van der Waals surface area contributed by atoms with E-state index in [-0.39, 0.29) is 21.7 Å². The van der Waals surface area contributed by atoms with Crippen molar-refractivity contribution in [1.29, 1.82) is 0 Å². The number of aryl methyl sites for hydroxylation is 2. The Morgan fingerprint density at radius 2 is 1.58 bits per heavy atom. The Kier molecular flexibility index (Phi) is 6.26. The number of carbonyl (C=O) groups is 1. The van der Waals surface area contributed by atoms with Crippen LogP contribution in [0.3, 0.4) is 0 Å². The standard InChI is InChI=1S/C26H22ClF3N2O4/c1-14(19-9-7-16(12-20(19)27)15-5-4-6-17(11-15)23(33)34)25(36,26(28,29)30)18-8-10-21-22(13-18)32(3)24(35)31(21)2/h4-14,36H,1-3H3,(H,33,34). The quantitative estimate of drug-likeness (QED) is 0.368. The van der Waals surface area contributed by atoms with Crippen LogP contribution in [-0.2, 0) is 19.7 Å². The van der Waals surface area contributed by atoms with Gasteiger partial charge in [0, 0.05) is 25.0 Å². The fourth-order valence-corrected chi connectivity index (χ4v) is 4.86. The van der Waals surface area contributed by atoms with Gasteiger partial charge in [0.25, 0.3) is 0 Å². The first-order chi connectivity index (χ1) is 16.8. The second-order valence-electron chi connectivity index (χ2n) is 8.71. The van der Waals surface area contributed by atoms with Gasteiger partial charge < -0.3 is 10.2 Å².